The summed E-state index contributed by atoms with van der Waals surface area (Å²) in [6.07, 6.45) is 0.782. The van der Waals surface area contributed by atoms with Gasteiger partial charge in [0.2, 0.25) is 0 Å². The fraction of sp³-hybridized carbons (Fsp3) is 0.273. The summed E-state index contributed by atoms with van der Waals surface area (Å²) < 4.78 is 5.91. The summed E-state index contributed by atoms with van der Waals surface area (Å²) >= 11 is 0. The number of para-hydroxylation sites is 1. The number of hydrogen-bond acceptors (Lipinski definition) is 3. The van der Waals surface area contributed by atoms with Crippen molar-refractivity contribution in [1.29, 1.82) is 0 Å². The van der Waals surface area contributed by atoms with Crippen molar-refractivity contribution in [3.05, 3.63) is 71.5 Å². The molecule has 28 heavy (non-hydrogen) atoms. The lowest BCUT2D eigenvalue weighted by Crippen LogP contribution is -2.39. The minimum atomic E-state index is -0.0769. The van der Waals surface area contributed by atoms with Crippen molar-refractivity contribution < 1.29 is 9.21 Å². The second-order valence-electron chi connectivity index (χ2n) is 6.58. The number of carbonyl (C=O) groups excluding carboxylic acids is 1. The Morgan fingerprint density at radius 3 is 2.71 bits per heavy atom. The Morgan fingerprint density at radius 2 is 1.96 bits per heavy atom. The van der Waals surface area contributed by atoms with Crippen molar-refractivity contribution in [2.75, 3.05) is 20.6 Å². The molecule has 0 bridgehead atoms. The number of benzene rings is 2. The number of nitrogens with one attached hydrogen (secondary N) is 3. The fourth-order valence-corrected chi connectivity index (χ4v) is 3.02. The normalized spacial score (nSPS) is 12.6. The van der Waals surface area contributed by atoms with Gasteiger partial charge in [0.25, 0.3) is 5.91 Å². The minimum Gasteiger partial charge on any atom is -0.459 e. The summed E-state index contributed by atoms with van der Waals surface area (Å²) in [4.78, 5) is 16.0. The number of hydrogen-bond donors (Lipinski definition) is 3. The summed E-state index contributed by atoms with van der Waals surface area (Å²) in [7, 11) is 3.38. The Hall–Kier alpha value is -3.28. The molecule has 1 unspecified atom stereocenters. The van der Waals surface area contributed by atoms with E-state index in [9.17, 15) is 4.79 Å². The van der Waals surface area contributed by atoms with Crippen molar-refractivity contribution in [3.8, 4) is 0 Å². The van der Waals surface area contributed by atoms with E-state index in [2.05, 4.69) is 20.9 Å². The smallest absolute Gasteiger partial charge is 0.251 e. The molecule has 0 aliphatic rings. The highest BCUT2D eigenvalue weighted by Gasteiger charge is 2.13. The molecule has 0 aliphatic heterocycles. The number of amides is 1. The first-order valence-corrected chi connectivity index (χ1v) is 9.37. The van der Waals surface area contributed by atoms with E-state index in [0.29, 0.717) is 18.1 Å². The lowest BCUT2D eigenvalue weighted by Gasteiger charge is -2.16. The monoisotopic (exact) mass is 378 g/mol. The molecular weight excluding hydrogens is 352 g/mol. The molecule has 0 saturated heterocycles. The number of guanidine groups is 1. The van der Waals surface area contributed by atoms with Crippen molar-refractivity contribution in [2.45, 2.75) is 19.4 Å². The summed E-state index contributed by atoms with van der Waals surface area (Å²) in [5.41, 5.74) is 2.64. The van der Waals surface area contributed by atoms with Gasteiger partial charge in [0.15, 0.2) is 5.96 Å². The van der Waals surface area contributed by atoms with Gasteiger partial charge in [0.1, 0.15) is 11.3 Å². The maximum Gasteiger partial charge on any atom is 0.251 e. The van der Waals surface area contributed by atoms with Gasteiger partial charge in [-0.1, -0.05) is 30.3 Å². The van der Waals surface area contributed by atoms with Crippen LogP contribution in [-0.2, 0) is 6.42 Å². The third kappa shape index (κ3) is 4.71. The summed E-state index contributed by atoms with van der Waals surface area (Å²) in [6.45, 7) is 2.74. The average Bonchev–Trinajstić information content (AvgIpc) is 3.17. The van der Waals surface area contributed by atoms with Crippen LogP contribution in [0.2, 0.25) is 0 Å². The quantitative estimate of drug-likeness (QED) is 0.454. The second kappa shape index (κ2) is 9.08. The highest BCUT2D eigenvalue weighted by atomic mass is 16.3. The van der Waals surface area contributed by atoms with Gasteiger partial charge in [0.05, 0.1) is 6.04 Å². The van der Waals surface area contributed by atoms with Crippen molar-refractivity contribution in [1.82, 2.24) is 16.0 Å². The molecule has 0 spiro atoms. The first kappa shape index (κ1) is 19.5. The van der Waals surface area contributed by atoms with Crippen LogP contribution in [-0.4, -0.2) is 32.5 Å². The first-order valence-electron chi connectivity index (χ1n) is 9.37. The SMILES string of the molecule is CN=C(NCCc1cccc(C(=O)NC)c1)NC(C)c1cc2ccccc2o1. The number of furan rings is 1. The van der Waals surface area contributed by atoms with Crippen molar-refractivity contribution in [3.63, 3.8) is 0 Å². The molecule has 1 amide bonds. The average molecular weight is 378 g/mol. The number of rotatable bonds is 6. The van der Waals surface area contributed by atoms with E-state index in [4.69, 9.17) is 4.42 Å². The van der Waals surface area contributed by atoms with Crippen LogP contribution in [0.5, 0.6) is 0 Å². The Balaban J connectivity index is 1.55. The maximum atomic E-state index is 11.7. The predicted molar refractivity (Wildman–Crippen MR) is 113 cm³/mol. The molecule has 0 aliphatic carbocycles. The highest BCUT2D eigenvalue weighted by Crippen LogP contribution is 2.23. The van der Waals surface area contributed by atoms with Gasteiger partial charge in [-0.3, -0.25) is 9.79 Å². The van der Waals surface area contributed by atoms with E-state index < -0.39 is 0 Å². The number of fused-ring (bicyclic) bond motifs is 1. The van der Waals surface area contributed by atoms with Crippen molar-refractivity contribution in [2.24, 2.45) is 4.99 Å². The van der Waals surface area contributed by atoms with Gasteiger partial charge >= 0.3 is 0 Å². The fourth-order valence-electron chi connectivity index (χ4n) is 3.02. The van der Waals surface area contributed by atoms with Crippen LogP contribution < -0.4 is 16.0 Å². The summed E-state index contributed by atoms with van der Waals surface area (Å²) in [5.74, 6) is 1.49. The van der Waals surface area contributed by atoms with Gasteiger partial charge in [-0.15, -0.1) is 0 Å². The van der Waals surface area contributed by atoms with Gasteiger partial charge in [-0.05, 0) is 43.2 Å². The zero-order valence-corrected chi connectivity index (χ0v) is 16.5. The zero-order valence-electron chi connectivity index (χ0n) is 16.5. The van der Waals surface area contributed by atoms with Crippen LogP contribution in [0, 0.1) is 0 Å². The summed E-state index contributed by atoms with van der Waals surface area (Å²) in [6, 6.07) is 17.6. The number of carbonyl (C=O) groups is 1. The molecule has 2 aromatic carbocycles. The van der Waals surface area contributed by atoms with Crippen LogP contribution in [0.15, 0.2) is 64.0 Å². The predicted octanol–water partition coefficient (Wildman–Crippen LogP) is 3.26. The molecule has 146 valence electrons. The molecular formula is C22H26N4O2. The van der Waals surface area contributed by atoms with Crippen LogP contribution in [0.25, 0.3) is 11.0 Å². The summed E-state index contributed by atoms with van der Waals surface area (Å²) in [5, 5.41) is 10.4. The van der Waals surface area contributed by atoms with E-state index in [1.165, 1.54) is 0 Å². The lowest BCUT2D eigenvalue weighted by molar-refractivity contribution is 0.0963. The third-order valence-corrected chi connectivity index (χ3v) is 4.57. The third-order valence-electron chi connectivity index (χ3n) is 4.57. The molecule has 6 heteroatoms. The minimum absolute atomic E-state index is 0.0184. The Bertz CT molecular complexity index is 944. The van der Waals surface area contributed by atoms with Gasteiger partial charge < -0.3 is 20.4 Å². The molecule has 1 aromatic heterocycles. The van der Waals surface area contributed by atoms with Crippen LogP contribution in [0.4, 0.5) is 0 Å². The number of nitrogens with zero attached hydrogens (tertiary/aromatic N) is 1. The van der Waals surface area contributed by atoms with Crippen LogP contribution >= 0.6 is 0 Å². The maximum absolute atomic E-state index is 11.7. The molecule has 0 saturated carbocycles. The van der Waals surface area contributed by atoms with E-state index in [1.807, 2.05) is 61.5 Å². The molecule has 3 rings (SSSR count). The van der Waals surface area contributed by atoms with Gasteiger partial charge in [-0.25, -0.2) is 0 Å². The molecule has 1 atom stereocenters. The Morgan fingerprint density at radius 1 is 1.14 bits per heavy atom. The standard InChI is InChI=1S/C22H26N4O2/c1-15(20-14-17-8-4-5-10-19(17)28-20)26-22(24-3)25-12-11-16-7-6-9-18(13-16)21(27)23-2/h4-10,13-15H,11-12H2,1-3H3,(H,23,27)(H2,24,25,26). The van der Waals surface area contributed by atoms with Gasteiger partial charge in [-0.2, -0.15) is 0 Å². The van der Waals surface area contributed by atoms with E-state index in [1.54, 1.807) is 14.1 Å². The lowest BCUT2D eigenvalue weighted by atomic mass is 10.1. The van der Waals surface area contributed by atoms with Crippen molar-refractivity contribution >= 4 is 22.8 Å². The second-order valence-corrected chi connectivity index (χ2v) is 6.58. The number of aliphatic imine (C=N–C) groups is 1. The molecule has 3 N–H and O–H groups in total. The van der Waals surface area contributed by atoms with Crippen LogP contribution in [0.1, 0.15) is 34.6 Å². The zero-order chi connectivity index (χ0) is 19.9. The Labute approximate surface area is 165 Å². The van der Waals surface area contributed by atoms with E-state index in [-0.39, 0.29) is 11.9 Å². The topological polar surface area (TPSA) is 78.7 Å². The largest absolute Gasteiger partial charge is 0.459 e. The van der Waals surface area contributed by atoms with Gasteiger partial charge in [0, 0.05) is 31.6 Å². The Kier molecular flexibility index (Phi) is 6.32. The van der Waals surface area contributed by atoms with Crippen LogP contribution in [0.3, 0.4) is 0 Å². The molecule has 6 nitrogen and oxygen atoms in total. The molecule has 0 radical (unpaired) electrons. The molecule has 3 aromatic rings. The van der Waals surface area contributed by atoms with E-state index >= 15 is 0 Å². The molecule has 0 fully saturated rings. The highest BCUT2D eigenvalue weighted by molar-refractivity contribution is 5.94. The molecule has 1 heterocycles. The first-order chi connectivity index (χ1) is 13.6. The van der Waals surface area contributed by atoms with E-state index in [0.717, 1.165) is 28.7 Å².